The predicted octanol–water partition coefficient (Wildman–Crippen LogP) is 5.13. The minimum absolute atomic E-state index is 0.314. The Kier molecular flexibility index (Phi) is 15.0. The molecule has 1 atom stereocenters. The number of carboxylic acids is 1. The first-order valence-corrected chi connectivity index (χ1v) is 8.20. The molecule has 0 spiro atoms. The molecule has 0 amide bonds. The maximum atomic E-state index is 10.6. The SMILES string of the molecule is CCCCC/C=C\C/C=C\C/C=C\CCCC(OO)C(=O)O. The molecular formula is C18H30O4. The zero-order valence-electron chi connectivity index (χ0n) is 13.6. The standard InChI is InChI=1S/C18H30O4/c1-2-3-4-5-6-7-8-9-10-11-12-13-14-15-16-17(22-21)18(19)20/h6-7,9-10,12-13,17,21H,2-5,8,11,14-16H2,1H3,(H,19,20)/b7-6-,10-9-,13-12-. The Morgan fingerprint density at radius 3 is 2.00 bits per heavy atom. The first kappa shape index (κ1) is 20.6. The molecule has 0 bridgehead atoms. The second-order valence-electron chi connectivity index (χ2n) is 5.24. The lowest BCUT2D eigenvalue weighted by molar-refractivity contribution is -0.277. The highest BCUT2D eigenvalue weighted by molar-refractivity contribution is 5.72. The number of hydrogen-bond donors (Lipinski definition) is 2. The van der Waals surface area contributed by atoms with Crippen molar-refractivity contribution >= 4 is 5.97 Å². The normalized spacial score (nSPS) is 13.5. The average Bonchev–Trinajstić information content (AvgIpc) is 2.51. The van der Waals surface area contributed by atoms with E-state index in [0.717, 1.165) is 19.3 Å². The van der Waals surface area contributed by atoms with Crippen molar-refractivity contribution in [2.45, 2.75) is 70.8 Å². The predicted molar refractivity (Wildman–Crippen MR) is 89.8 cm³/mol. The van der Waals surface area contributed by atoms with Crippen LogP contribution in [-0.4, -0.2) is 22.4 Å². The van der Waals surface area contributed by atoms with Crippen molar-refractivity contribution in [1.29, 1.82) is 0 Å². The zero-order chi connectivity index (χ0) is 16.5. The number of carbonyl (C=O) groups is 1. The molecule has 0 aliphatic heterocycles. The number of allylic oxidation sites excluding steroid dienone is 6. The number of carboxylic acid groups (broad SMARTS) is 1. The van der Waals surface area contributed by atoms with Gasteiger partial charge in [-0.3, -0.25) is 5.26 Å². The van der Waals surface area contributed by atoms with E-state index >= 15 is 0 Å². The molecule has 4 nitrogen and oxygen atoms in total. The molecule has 0 radical (unpaired) electrons. The fourth-order valence-electron chi connectivity index (χ4n) is 1.93. The molecule has 0 aromatic rings. The third-order valence-corrected chi connectivity index (χ3v) is 3.26. The minimum Gasteiger partial charge on any atom is -0.479 e. The second-order valence-corrected chi connectivity index (χ2v) is 5.24. The van der Waals surface area contributed by atoms with Crippen LogP contribution in [-0.2, 0) is 9.68 Å². The summed E-state index contributed by atoms with van der Waals surface area (Å²) in [5.41, 5.74) is 0. The molecule has 0 aromatic carbocycles. The van der Waals surface area contributed by atoms with E-state index in [1.165, 1.54) is 25.7 Å². The number of unbranched alkanes of at least 4 members (excludes halogenated alkanes) is 4. The van der Waals surface area contributed by atoms with E-state index in [1.54, 1.807) is 0 Å². The monoisotopic (exact) mass is 310 g/mol. The zero-order valence-corrected chi connectivity index (χ0v) is 13.6. The average molecular weight is 310 g/mol. The first-order valence-electron chi connectivity index (χ1n) is 8.20. The fourth-order valence-corrected chi connectivity index (χ4v) is 1.93. The molecule has 0 aliphatic rings. The summed E-state index contributed by atoms with van der Waals surface area (Å²) in [5.74, 6) is -1.13. The molecule has 0 saturated carbocycles. The largest absolute Gasteiger partial charge is 0.479 e. The number of rotatable bonds is 14. The van der Waals surface area contributed by atoms with E-state index in [0.29, 0.717) is 12.8 Å². The van der Waals surface area contributed by atoms with Crippen LogP contribution in [0.5, 0.6) is 0 Å². The lowest BCUT2D eigenvalue weighted by Gasteiger charge is -2.06. The number of aliphatic carboxylic acids is 1. The summed E-state index contributed by atoms with van der Waals surface area (Å²) in [6.45, 7) is 2.21. The van der Waals surface area contributed by atoms with Crippen molar-refractivity contribution in [3.05, 3.63) is 36.5 Å². The molecule has 22 heavy (non-hydrogen) atoms. The van der Waals surface area contributed by atoms with E-state index in [1.807, 2.05) is 6.08 Å². The van der Waals surface area contributed by atoms with Gasteiger partial charge in [0.1, 0.15) is 0 Å². The third kappa shape index (κ3) is 13.6. The van der Waals surface area contributed by atoms with Crippen LogP contribution in [0.25, 0.3) is 0 Å². The highest BCUT2D eigenvalue weighted by atomic mass is 17.1. The van der Waals surface area contributed by atoms with Gasteiger partial charge in [-0.2, -0.15) is 0 Å². The molecule has 4 heteroatoms. The Balaban J connectivity index is 3.50. The van der Waals surface area contributed by atoms with Crippen LogP contribution < -0.4 is 0 Å². The van der Waals surface area contributed by atoms with E-state index < -0.39 is 12.1 Å². The van der Waals surface area contributed by atoms with Crippen molar-refractivity contribution in [1.82, 2.24) is 0 Å². The lowest BCUT2D eigenvalue weighted by atomic mass is 10.1. The molecule has 0 aromatic heterocycles. The van der Waals surface area contributed by atoms with Crippen LogP contribution in [0.1, 0.15) is 64.7 Å². The third-order valence-electron chi connectivity index (χ3n) is 3.26. The van der Waals surface area contributed by atoms with Crippen molar-refractivity contribution in [2.75, 3.05) is 0 Å². The van der Waals surface area contributed by atoms with Crippen molar-refractivity contribution in [3.63, 3.8) is 0 Å². The van der Waals surface area contributed by atoms with Gasteiger partial charge in [0.15, 0.2) is 6.10 Å². The van der Waals surface area contributed by atoms with E-state index in [2.05, 4.69) is 42.2 Å². The van der Waals surface area contributed by atoms with Crippen LogP contribution in [0.3, 0.4) is 0 Å². The molecule has 1 unspecified atom stereocenters. The maximum absolute atomic E-state index is 10.6. The van der Waals surface area contributed by atoms with Gasteiger partial charge < -0.3 is 5.11 Å². The fraction of sp³-hybridized carbons (Fsp3) is 0.611. The summed E-state index contributed by atoms with van der Waals surface area (Å²) in [6, 6.07) is 0. The summed E-state index contributed by atoms with van der Waals surface area (Å²) >= 11 is 0. The van der Waals surface area contributed by atoms with Crippen LogP contribution >= 0.6 is 0 Å². The summed E-state index contributed by atoms with van der Waals surface area (Å²) in [6.07, 6.45) is 20.4. The smallest absolute Gasteiger partial charge is 0.336 e. The van der Waals surface area contributed by atoms with E-state index in [4.69, 9.17) is 10.4 Å². The van der Waals surface area contributed by atoms with E-state index in [-0.39, 0.29) is 0 Å². The van der Waals surface area contributed by atoms with Gasteiger partial charge >= 0.3 is 5.97 Å². The highest BCUT2D eigenvalue weighted by Crippen LogP contribution is 2.05. The number of hydrogen-bond acceptors (Lipinski definition) is 3. The Morgan fingerprint density at radius 1 is 0.955 bits per heavy atom. The molecule has 126 valence electrons. The Hall–Kier alpha value is -1.39. The van der Waals surface area contributed by atoms with Gasteiger partial charge in [0.2, 0.25) is 0 Å². The van der Waals surface area contributed by atoms with Crippen LogP contribution in [0, 0.1) is 0 Å². The second kappa shape index (κ2) is 16.0. The van der Waals surface area contributed by atoms with Gasteiger partial charge in [0, 0.05) is 0 Å². The van der Waals surface area contributed by atoms with Crippen LogP contribution in [0.4, 0.5) is 0 Å². The summed E-state index contributed by atoms with van der Waals surface area (Å²) < 4.78 is 0. The van der Waals surface area contributed by atoms with Crippen LogP contribution in [0.15, 0.2) is 36.5 Å². The lowest BCUT2D eigenvalue weighted by Crippen LogP contribution is -2.22. The summed E-state index contributed by atoms with van der Waals surface area (Å²) in [7, 11) is 0. The summed E-state index contributed by atoms with van der Waals surface area (Å²) in [5, 5.41) is 17.0. The summed E-state index contributed by atoms with van der Waals surface area (Å²) in [4.78, 5) is 14.5. The van der Waals surface area contributed by atoms with Gasteiger partial charge in [-0.05, 0) is 44.9 Å². The van der Waals surface area contributed by atoms with Crippen molar-refractivity contribution in [2.24, 2.45) is 0 Å². The van der Waals surface area contributed by atoms with Crippen LogP contribution in [0.2, 0.25) is 0 Å². The Bertz CT molecular complexity index is 345. The van der Waals surface area contributed by atoms with E-state index in [9.17, 15) is 4.79 Å². The molecule has 2 N–H and O–H groups in total. The first-order chi connectivity index (χ1) is 10.7. The molecule has 0 fully saturated rings. The van der Waals surface area contributed by atoms with Gasteiger partial charge in [0.05, 0.1) is 0 Å². The van der Waals surface area contributed by atoms with Gasteiger partial charge in [-0.25, -0.2) is 9.68 Å². The molecule has 0 rings (SSSR count). The quantitative estimate of drug-likeness (QED) is 0.202. The molecular weight excluding hydrogens is 280 g/mol. The Morgan fingerprint density at radius 2 is 1.50 bits per heavy atom. The van der Waals surface area contributed by atoms with Gasteiger partial charge in [-0.1, -0.05) is 56.2 Å². The molecule has 0 aliphatic carbocycles. The van der Waals surface area contributed by atoms with Gasteiger partial charge in [-0.15, -0.1) is 0 Å². The minimum atomic E-state index is -1.13. The van der Waals surface area contributed by atoms with Crippen molar-refractivity contribution in [3.8, 4) is 0 Å². The van der Waals surface area contributed by atoms with Crippen molar-refractivity contribution < 1.29 is 20.0 Å². The highest BCUT2D eigenvalue weighted by Gasteiger charge is 2.16. The Labute approximate surface area is 134 Å². The maximum Gasteiger partial charge on any atom is 0.336 e. The topological polar surface area (TPSA) is 66.8 Å². The van der Waals surface area contributed by atoms with Gasteiger partial charge in [0.25, 0.3) is 0 Å². The molecule has 0 saturated heterocycles. The molecule has 0 heterocycles.